The zero-order valence-electron chi connectivity index (χ0n) is 16.2. The van der Waals surface area contributed by atoms with E-state index in [1.807, 2.05) is 17.9 Å². The van der Waals surface area contributed by atoms with Crippen molar-refractivity contribution in [1.82, 2.24) is 15.1 Å². The van der Waals surface area contributed by atoms with Crippen LogP contribution in [0.25, 0.3) is 10.9 Å². The molecule has 0 fully saturated rings. The maximum Gasteiger partial charge on any atom is 0.140 e. The van der Waals surface area contributed by atoms with E-state index >= 15 is 0 Å². The molecule has 25 heavy (non-hydrogen) atoms. The van der Waals surface area contributed by atoms with Crippen LogP contribution in [0.15, 0.2) is 24.9 Å². The van der Waals surface area contributed by atoms with Crippen LogP contribution in [0.1, 0.15) is 11.1 Å². The molecule has 0 amide bonds. The van der Waals surface area contributed by atoms with Crippen molar-refractivity contribution in [2.45, 2.75) is 45.9 Å². The van der Waals surface area contributed by atoms with Crippen molar-refractivity contribution < 1.29 is 9.47 Å². The third kappa shape index (κ3) is 5.17. The summed E-state index contributed by atoms with van der Waals surface area (Å²) in [4.78, 5) is 0. The van der Waals surface area contributed by atoms with Gasteiger partial charge in [-0.2, -0.15) is 5.10 Å². The highest BCUT2D eigenvalue weighted by Gasteiger charge is 2.16. The largest absolute Gasteiger partial charge is 0.489 e. The first kappa shape index (κ1) is 19.7. The number of rotatable bonds is 10. The van der Waals surface area contributed by atoms with E-state index in [9.17, 15) is 0 Å². The molecule has 1 aromatic heterocycles. The first-order chi connectivity index (χ1) is 11.9. The second-order valence-electron chi connectivity index (χ2n) is 7.54. The van der Waals surface area contributed by atoms with E-state index in [0.29, 0.717) is 13.3 Å². The summed E-state index contributed by atoms with van der Waals surface area (Å²) in [5, 5.41) is 8.90. The van der Waals surface area contributed by atoms with Crippen molar-refractivity contribution in [3.05, 3.63) is 36.0 Å². The molecular weight excluding hydrogens is 330 g/mol. The van der Waals surface area contributed by atoms with E-state index in [4.69, 9.17) is 9.47 Å². The minimum atomic E-state index is -1.08. The zero-order chi connectivity index (χ0) is 18.4. The van der Waals surface area contributed by atoms with Gasteiger partial charge in [-0.3, -0.25) is 0 Å². The molecule has 138 valence electrons. The molecule has 2 aromatic rings. The van der Waals surface area contributed by atoms with Crippen molar-refractivity contribution in [2.75, 3.05) is 20.3 Å². The Morgan fingerprint density at radius 1 is 1.36 bits per heavy atom. The predicted molar refractivity (Wildman–Crippen MR) is 107 cm³/mol. The van der Waals surface area contributed by atoms with Crippen molar-refractivity contribution >= 4 is 19.0 Å². The van der Waals surface area contributed by atoms with Gasteiger partial charge in [-0.25, -0.2) is 4.68 Å². The van der Waals surface area contributed by atoms with Crippen LogP contribution in [-0.4, -0.2) is 38.1 Å². The lowest BCUT2D eigenvalue weighted by Crippen LogP contribution is -2.22. The molecule has 1 heterocycles. The van der Waals surface area contributed by atoms with Crippen molar-refractivity contribution in [2.24, 2.45) is 0 Å². The molecule has 0 saturated heterocycles. The summed E-state index contributed by atoms with van der Waals surface area (Å²) in [5.41, 5.74) is 3.38. The van der Waals surface area contributed by atoms with Crippen molar-refractivity contribution in [3.8, 4) is 5.75 Å². The number of benzene rings is 1. The second kappa shape index (κ2) is 8.65. The average Bonchev–Trinajstić information content (AvgIpc) is 2.97. The number of nitrogens with zero attached hydrogens (tertiary/aromatic N) is 2. The van der Waals surface area contributed by atoms with Crippen LogP contribution in [0, 0.1) is 6.92 Å². The third-order valence-corrected chi connectivity index (χ3v) is 5.86. The standard InChI is InChI=1S/C19H31N3O2Si/c1-7-8-24-18-11-16(12-20-3)19-17(15(18)2)13-21-22(19)14-23-9-10-25(4,5)6/h7,11,13,20H,1,8-10,12,14H2,2-6H3. The Kier molecular flexibility index (Phi) is 6.81. The molecule has 5 nitrogen and oxygen atoms in total. The number of fused-ring (bicyclic) bond motifs is 1. The van der Waals surface area contributed by atoms with Gasteiger partial charge in [-0.05, 0) is 31.6 Å². The molecule has 0 bridgehead atoms. The highest BCUT2D eigenvalue weighted by molar-refractivity contribution is 6.76. The van der Waals surface area contributed by atoms with Gasteiger partial charge in [-0.1, -0.05) is 32.3 Å². The number of aryl methyl sites for hydroxylation is 1. The quantitative estimate of drug-likeness (QED) is 0.395. The number of hydrogen-bond acceptors (Lipinski definition) is 4. The van der Waals surface area contributed by atoms with E-state index in [-0.39, 0.29) is 0 Å². The van der Waals surface area contributed by atoms with Crippen LogP contribution >= 0.6 is 0 Å². The summed E-state index contributed by atoms with van der Waals surface area (Å²) in [5.74, 6) is 0.886. The van der Waals surface area contributed by atoms with Crippen LogP contribution in [-0.2, 0) is 18.0 Å². The van der Waals surface area contributed by atoms with Gasteiger partial charge in [0.05, 0.1) is 11.7 Å². The monoisotopic (exact) mass is 361 g/mol. The van der Waals surface area contributed by atoms with Gasteiger partial charge in [0.1, 0.15) is 19.1 Å². The van der Waals surface area contributed by atoms with Gasteiger partial charge in [-0.15, -0.1) is 0 Å². The highest BCUT2D eigenvalue weighted by atomic mass is 28.3. The average molecular weight is 362 g/mol. The van der Waals surface area contributed by atoms with Crippen LogP contribution < -0.4 is 10.1 Å². The van der Waals surface area contributed by atoms with Crippen LogP contribution in [0.3, 0.4) is 0 Å². The van der Waals surface area contributed by atoms with E-state index < -0.39 is 8.07 Å². The molecule has 1 aromatic carbocycles. The fourth-order valence-corrected chi connectivity index (χ4v) is 3.47. The smallest absolute Gasteiger partial charge is 0.140 e. The molecule has 6 heteroatoms. The maximum atomic E-state index is 5.90. The summed E-state index contributed by atoms with van der Waals surface area (Å²) >= 11 is 0. The molecule has 0 saturated carbocycles. The first-order valence-electron chi connectivity index (χ1n) is 8.81. The Balaban J connectivity index is 2.27. The Labute approximate surface area is 152 Å². The highest BCUT2D eigenvalue weighted by Crippen LogP contribution is 2.31. The Hall–Kier alpha value is -1.63. The van der Waals surface area contributed by atoms with Gasteiger partial charge >= 0.3 is 0 Å². The molecule has 0 atom stereocenters. The van der Waals surface area contributed by atoms with Gasteiger partial charge in [0.2, 0.25) is 0 Å². The van der Waals surface area contributed by atoms with Gasteiger partial charge < -0.3 is 14.8 Å². The SMILES string of the molecule is C=CCOc1cc(CNC)c2c(cnn2COCC[Si](C)(C)C)c1C. The molecule has 0 radical (unpaired) electrons. The molecule has 1 N–H and O–H groups in total. The number of ether oxygens (including phenoxy) is 2. The lowest BCUT2D eigenvalue weighted by atomic mass is 10.1. The van der Waals surface area contributed by atoms with Gasteiger partial charge in [0.15, 0.2) is 0 Å². The summed E-state index contributed by atoms with van der Waals surface area (Å²) in [7, 11) is 0.870. The molecule has 0 spiro atoms. The van der Waals surface area contributed by atoms with Crippen LogP contribution in [0.5, 0.6) is 5.75 Å². The molecule has 0 aliphatic carbocycles. The normalized spacial score (nSPS) is 11.9. The fourth-order valence-electron chi connectivity index (χ4n) is 2.72. The lowest BCUT2D eigenvalue weighted by Gasteiger charge is -2.16. The Morgan fingerprint density at radius 2 is 2.12 bits per heavy atom. The Morgan fingerprint density at radius 3 is 2.76 bits per heavy atom. The molecule has 0 aliphatic heterocycles. The fraction of sp³-hybridized carbons (Fsp3) is 0.526. The molecule has 0 aliphatic rings. The van der Waals surface area contributed by atoms with Crippen LogP contribution in [0.4, 0.5) is 0 Å². The van der Waals surface area contributed by atoms with Crippen molar-refractivity contribution in [1.29, 1.82) is 0 Å². The van der Waals surface area contributed by atoms with Crippen LogP contribution in [0.2, 0.25) is 25.7 Å². The maximum absolute atomic E-state index is 5.90. The summed E-state index contributed by atoms with van der Waals surface area (Å²) in [6, 6.07) is 3.26. The summed E-state index contributed by atoms with van der Waals surface area (Å²) < 4.78 is 13.7. The Bertz CT molecular complexity index is 720. The predicted octanol–water partition coefficient (Wildman–Crippen LogP) is 3.94. The number of hydrogen-bond donors (Lipinski definition) is 1. The van der Waals surface area contributed by atoms with E-state index in [1.54, 1.807) is 6.08 Å². The lowest BCUT2D eigenvalue weighted by molar-refractivity contribution is 0.0816. The molecular formula is C19H31N3O2Si. The second-order valence-corrected chi connectivity index (χ2v) is 13.2. The minimum absolute atomic E-state index is 0.483. The van der Waals surface area contributed by atoms with Crippen molar-refractivity contribution in [3.63, 3.8) is 0 Å². The molecule has 2 rings (SSSR count). The summed E-state index contributed by atoms with van der Waals surface area (Å²) in [6.45, 7) is 15.4. The minimum Gasteiger partial charge on any atom is -0.489 e. The van der Waals surface area contributed by atoms with Gasteiger partial charge in [0.25, 0.3) is 0 Å². The zero-order valence-corrected chi connectivity index (χ0v) is 17.2. The first-order valence-corrected chi connectivity index (χ1v) is 12.5. The van der Waals surface area contributed by atoms with Gasteiger partial charge in [0, 0.05) is 32.2 Å². The van der Waals surface area contributed by atoms with E-state index in [0.717, 1.165) is 47.0 Å². The molecule has 0 unspecified atom stereocenters. The summed E-state index contributed by atoms with van der Waals surface area (Å²) in [6.07, 6.45) is 3.67. The third-order valence-electron chi connectivity index (χ3n) is 4.16. The topological polar surface area (TPSA) is 48.3 Å². The van der Waals surface area contributed by atoms with E-state index in [1.165, 1.54) is 0 Å². The van der Waals surface area contributed by atoms with E-state index in [2.05, 4.69) is 49.6 Å². The number of aromatic nitrogens is 2. The number of nitrogens with one attached hydrogen (secondary N) is 1.